The number of pyridine rings is 2. The molecule has 2 aromatic heterocycles. The number of hydrogen-bond acceptors (Lipinski definition) is 5. The van der Waals surface area contributed by atoms with Crippen LogP contribution in [0.3, 0.4) is 0 Å². The maximum atomic E-state index is 12.9. The molecule has 0 unspecified atom stereocenters. The van der Waals surface area contributed by atoms with Crippen molar-refractivity contribution in [3.8, 4) is 0 Å². The van der Waals surface area contributed by atoms with E-state index < -0.39 is 0 Å². The zero-order chi connectivity index (χ0) is 13.9. The molecule has 1 aliphatic heterocycles. The fraction of sp³-hybridized carbons (Fsp3) is 0.286. The Morgan fingerprint density at radius 2 is 1.65 bits per heavy atom. The van der Waals surface area contributed by atoms with Crippen LogP contribution in [0.15, 0.2) is 36.7 Å². The van der Waals surface area contributed by atoms with Gasteiger partial charge in [0.2, 0.25) is 0 Å². The number of anilines is 3. The van der Waals surface area contributed by atoms with Crippen LogP contribution in [0.2, 0.25) is 0 Å². The van der Waals surface area contributed by atoms with Gasteiger partial charge in [-0.1, -0.05) is 0 Å². The Morgan fingerprint density at radius 1 is 0.900 bits per heavy atom. The fourth-order valence-electron chi connectivity index (χ4n) is 2.33. The molecule has 1 saturated heterocycles. The molecule has 104 valence electrons. The number of piperazine rings is 1. The molecule has 1 fully saturated rings. The Labute approximate surface area is 116 Å². The standard InChI is InChI=1S/C14H16FN5/c15-11-1-4-14(18-9-11)20-7-5-19(6-8-20)12-2-3-13(16)17-10-12/h1-4,9-10H,5-8H2,(H2,16,17). The van der Waals surface area contributed by atoms with E-state index in [4.69, 9.17) is 5.73 Å². The minimum Gasteiger partial charge on any atom is -0.384 e. The molecule has 0 spiro atoms. The highest BCUT2D eigenvalue weighted by atomic mass is 19.1. The lowest BCUT2D eigenvalue weighted by atomic mass is 10.2. The number of hydrogen-bond donors (Lipinski definition) is 1. The molecule has 20 heavy (non-hydrogen) atoms. The number of halogens is 1. The van der Waals surface area contributed by atoms with Gasteiger partial charge in [-0.3, -0.25) is 0 Å². The van der Waals surface area contributed by atoms with Crippen molar-refractivity contribution in [1.82, 2.24) is 9.97 Å². The molecule has 0 bridgehead atoms. The van der Waals surface area contributed by atoms with E-state index in [0.717, 1.165) is 37.7 Å². The topological polar surface area (TPSA) is 58.3 Å². The van der Waals surface area contributed by atoms with Gasteiger partial charge in [-0.05, 0) is 24.3 Å². The van der Waals surface area contributed by atoms with Crippen LogP contribution in [0.4, 0.5) is 21.7 Å². The Balaban J connectivity index is 1.64. The highest BCUT2D eigenvalue weighted by Crippen LogP contribution is 2.19. The number of rotatable bonds is 2. The zero-order valence-corrected chi connectivity index (χ0v) is 11.0. The van der Waals surface area contributed by atoms with Crippen molar-refractivity contribution in [3.63, 3.8) is 0 Å². The number of nitrogen functional groups attached to an aromatic ring is 1. The van der Waals surface area contributed by atoms with Gasteiger partial charge in [-0.2, -0.15) is 0 Å². The highest BCUT2D eigenvalue weighted by molar-refractivity contribution is 5.50. The molecule has 0 amide bonds. The third-order valence-corrected chi connectivity index (χ3v) is 3.45. The van der Waals surface area contributed by atoms with Crippen LogP contribution in [-0.2, 0) is 0 Å². The van der Waals surface area contributed by atoms with Gasteiger partial charge < -0.3 is 15.5 Å². The maximum absolute atomic E-state index is 12.9. The minimum atomic E-state index is -0.305. The van der Waals surface area contributed by atoms with Gasteiger partial charge in [0, 0.05) is 26.2 Å². The van der Waals surface area contributed by atoms with Crippen LogP contribution in [0.25, 0.3) is 0 Å². The summed E-state index contributed by atoms with van der Waals surface area (Å²) < 4.78 is 12.9. The summed E-state index contributed by atoms with van der Waals surface area (Å²) in [6.45, 7) is 3.46. The first kappa shape index (κ1) is 12.7. The summed E-state index contributed by atoms with van der Waals surface area (Å²) in [4.78, 5) is 12.6. The summed E-state index contributed by atoms with van der Waals surface area (Å²) in [7, 11) is 0. The van der Waals surface area contributed by atoms with Crippen LogP contribution in [0.1, 0.15) is 0 Å². The van der Waals surface area contributed by atoms with Crippen LogP contribution in [0, 0.1) is 5.82 Å². The Hall–Kier alpha value is -2.37. The first-order chi connectivity index (χ1) is 9.72. The van der Waals surface area contributed by atoms with E-state index in [1.54, 1.807) is 12.3 Å². The molecule has 0 saturated carbocycles. The van der Waals surface area contributed by atoms with E-state index in [2.05, 4.69) is 19.8 Å². The molecule has 6 heteroatoms. The molecule has 2 aromatic rings. The number of aromatic nitrogens is 2. The maximum Gasteiger partial charge on any atom is 0.141 e. The largest absolute Gasteiger partial charge is 0.384 e. The van der Waals surface area contributed by atoms with Crippen LogP contribution >= 0.6 is 0 Å². The third-order valence-electron chi connectivity index (χ3n) is 3.45. The summed E-state index contributed by atoms with van der Waals surface area (Å²) in [6.07, 6.45) is 3.05. The average Bonchev–Trinajstić information content (AvgIpc) is 2.49. The van der Waals surface area contributed by atoms with Crippen molar-refractivity contribution in [2.24, 2.45) is 0 Å². The first-order valence-electron chi connectivity index (χ1n) is 6.55. The van der Waals surface area contributed by atoms with Gasteiger partial charge in [-0.25, -0.2) is 14.4 Å². The zero-order valence-electron chi connectivity index (χ0n) is 11.0. The van der Waals surface area contributed by atoms with Crippen molar-refractivity contribution in [2.75, 3.05) is 41.7 Å². The summed E-state index contributed by atoms with van der Waals surface area (Å²) in [5, 5.41) is 0. The Bertz CT molecular complexity index is 508. The first-order valence-corrected chi connectivity index (χ1v) is 6.55. The van der Waals surface area contributed by atoms with E-state index in [1.165, 1.54) is 12.3 Å². The molecular weight excluding hydrogens is 257 g/mol. The summed E-state index contributed by atoms with van der Waals surface area (Å²) >= 11 is 0. The summed E-state index contributed by atoms with van der Waals surface area (Å²) in [6, 6.07) is 6.95. The Kier molecular flexibility index (Phi) is 3.37. The van der Waals surface area contributed by atoms with Gasteiger partial charge in [0.15, 0.2) is 0 Å². The van der Waals surface area contributed by atoms with Crippen molar-refractivity contribution >= 4 is 17.3 Å². The smallest absolute Gasteiger partial charge is 0.141 e. The van der Waals surface area contributed by atoms with E-state index in [9.17, 15) is 4.39 Å². The molecule has 5 nitrogen and oxygen atoms in total. The van der Waals surface area contributed by atoms with E-state index >= 15 is 0 Å². The normalized spacial score (nSPS) is 15.4. The van der Waals surface area contributed by atoms with Crippen molar-refractivity contribution in [3.05, 3.63) is 42.5 Å². The van der Waals surface area contributed by atoms with Crippen LogP contribution in [-0.4, -0.2) is 36.1 Å². The fourth-order valence-corrected chi connectivity index (χ4v) is 2.33. The average molecular weight is 273 g/mol. The monoisotopic (exact) mass is 273 g/mol. The van der Waals surface area contributed by atoms with Crippen LogP contribution < -0.4 is 15.5 Å². The highest BCUT2D eigenvalue weighted by Gasteiger charge is 2.18. The van der Waals surface area contributed by atoms with Crippen molar-refractivity contribution in [1.29, 1.82) is 0 Å². The Morgan fingerprint density at radius 3 is 2.25 bits per heavy atom. The minimum absolute atomic E-state index is 0.305. The predicted octanol–water partition coefficient (Wildman–Crippen LogP) is 1.52. The second kappa shape index (κ2) is 5.32. The van der Waals surface area contributed by atoms with Crippen molar-refractivity contribution < 1.29 is 4.39 Å². The van der Waals surface area contributed by atoms with Crippen molar-refractivity contribution in [2.45, 2.75) is 0 Å². The van der Waals surface area contributed by atoms with Crippen LogP contribution in [0.5, 0.6) is 0 Å². The van der Waals surface area contributed by atoms with Gasteiger partial charge in [0.1, 0.15) is 17.5 Å². The lowest BCUT2D eigenvalue weighted by Crippen LogP contribution is -2.46. The lowest BCUT2D eigenvalue weighted by Gasteiger charge is -2.36. The molecule has 2 N–H and O–H groups in total. The molecule has 0 radical (unpaired) electrons. The molecule has 1 aliphatic rings. The second-order valence-electron chi connectivity index (χ2n) is 4.75. The second-order valence-corrected chi connectivity index (χ2v) is 4.75. The molecule has 0 atom stereocenters. The number of nitrogens with zero attached hydrogens (tertiary/aromatic N) is 4. The third kappa shape index (κ3) is 2.64. The van der Waals surface area contributed by atoms with Gasteiger partial charge in [0.05, 0.1) is 18.1 Å². The summed E-state index contributed by atoms with van der Waals surface area (Å²) in [5.74, 6) is 1.05. The van der Waals surface area contributed by atoms with Gasteiger partial charge in [0.25, 0.3) is 0 Å². The van der Waals surface area contributed by atoms with Gasteiger partial charge >= 0.3 is 0 Å². The van der Waals surface area contributed by atoms with Gasteiger partial charge in [-0.15, -0.1) is 0 Å². The quantitative estimate of drug-likeness (QED) is 0.899. The molecule has 3 rings (SSSR count). The van der Waals surface area contributed by atoms with E-state index in [0.29, 0.717) is 5.82 Å². The van der Waals surface area contributed by atoms with E-state index in [-0.39, 0.29) is 5.82 Å². The molecule has 0 aromatic carbocycles. The molecular formula is C14H16FN5. The molecule has 0 aliphatic carbocycles. The molecule has 3 heterocycles. The lowest BCUT2D eigenvalue weighted by molar-refractivity contribution is 0.615. The van der Waals surface area contributed by atoms with E-state index in [1.807, 2.05) is 12.1 Å². The predicted molar refractivity (Wildman–Crippen MR) is 77.3 cm³/mol. The SMILES string of the molecule is Nc1ccc(N2CCN(c3ccc(F)cn3)CC2)cn1. The summed E-state index contributed by atoms with van der Waals surface area (Å²) in [5.41, 5.74) is 6.66. The number of nitrogens with two attached hydrogens (primary N) is 1.